The van der Waals surface area contributed by atoms with Crippen molar-refractivity contribution in [3.8, 4) is 23.7 Å². The predicted octanol–water partition coefficient (Wildman–Crippen LogP) is 5.32. The average Bonchev–Trinajstić information content (AvgIpc) is 1.59. The number of aliphatic hydroxyl groups is 1. The van der Waals surface area contributed by atoms with Crippen LogP contribution in [0.4, 0.5) is 23.0 Å². The highest BCUT2D eigenvalue weighted by molar-refractivity contribution is 8.76. The summed E-state index contributed by atoms with van der Waals surface area (Å²) in [6, 6.07) is 7.53. The molecule has 5 aromatic rings. The summed E-state index contributed by atoms with van der Waals surface area (Å²) in [5.41, 5.74) is 14.0. The maximum atomic E-state index is 13.9. The van der Waals surface area contributed by atoms with Crippen molar-refractivity contribution in [1.82, 2.24) is 40.0 Å². The molecule has 9 atom stereocenters. The maximum absolute atomic E-state index is 13.9. The summed E-state index contributed by atoms with van der Waals surface area (Å²) in [6.07, 6.45) is 7.04. The van der Waals surface area contributed by atoms with Gasteiger partial charge >= 0.3 is 50.8 Å². The lowest BCUT2D eigenvalue weighted by Gasteiger charge is -2.27. The number of phosphoric ester groups is 3. The highest BCUT2D eigenvalue weighted by Gasteiger charge is 2.46. The van der Waals surface area contributed by atoms with Gasteiger partial charge in [-0.2, -0.15) is 30.4 Å². The van der Waals surface area contributed by atoms with Gasteiger partial charge in [0.1, 0.15) is 60.4 Å². The van der Waals surface area contributed by atoms with Gasteiger partial charge in [0.05, 0.1) is 63.6 Å². The van der Waals surface area contributed by atoms with Gasteiger partial charge < -0.3 is 95.3 Å². The predicted molar refractivity (Wildman–Crippen MR) is 446 cm³/mol. The van der Waals surface area contributed by atoms with Crippen LogP contribution in [-0.2, 0) is 109 Å². The van der Waals surface area contributed by atoms with Crippen molar-refractivity contribution in [2.24, 2.45) is 4.99 Å². The molecule has 0 spiro atoms. The standard InChI is InChI=1S/C70H91N12O33P5S4/c1-69(2)47-33-45(123(102,103)104)24-26-49(47)77-56(69)19-8-5-9-20-57-70(3,4)48-34-46(124(105,106)107)25-27-51(48)80(57)30-13-7-11-22-59(85)78-50(67(87)74-28-12-6-10-21-58(84)73-29-14-17-44-38-82(68(88)79-64(44)71)61-36-53(113-117(92,93)94)55(112-61)40-109-116(89,90)91)41-122-121-32-16-23-62(86)108-31-15-18-43-37-81(66-63(43)65(72)75-42-76-66)60-35-52(83)54(111-60)39-110-119(98,99)115-120(100,101)114-118(95,96)97/h5,8-9,19-20,24-27,33-34,37-38,42,50,52-55,60-61,83H,6-7,10-13,16,21-23,28-32,35-36,39-41H2,1-4H3,(H,73,84)(H,74,87)(H,78,85)(H,98,99)(H,100,101)(H2,71,79,88)(H2,72,75,76)(H2,89,90,91)(H2,92,93,94)(H2,95,96,97)(H,102,103,104)(H,105,106,107)/b9-5+,19-8+,57-20+. The van der Waals surface area contributed by atoms with E-state index in [2.05, 4.69) is 77.2 Å². The zero-order valence-electron chi connectivity index (χ0n) is 66.3. The lowest BCUT2D eigenvalue weighted by atomic mass is 9.81. The number of phosphoric acid groups is 5. The number of esters is 1. The largest absolute Gasteiger partial charge is 0.490 e. The first-order chi connectivity index (χ1) is 57.9. The van der Waals surface area contributed by atoms with Crippen molar-refractivity contribution >= 4 is 144 Å². The van der Waals surface area contributed by atoms with E-state index in [0.29, 0.717) is 85.5 Å². The Bertz CT molecular complexity index is 5660. The quantitative estimate of drug-likeness (QED) is 0.00447. The monoisotopic (exact) mass is 1910 g/mol. The van der Waals surface area contributed by atoms with E-state index in [4.69, 9.17) is 49.8 Å². The molecule has 9 rings (SSSR count). The van der Waals surface area contributed by atoms with E-state index < -0.39 is 162 Å². The first-order valence-electron chi connectivity index (χ1n) is 37.5. The molecule has 45 nitrogen and oxygen atoms in total. The second kappa shape index (κ2) is 42.5. The number of nitrogens with one attached hydrogen (secondary N) is 3. The first kappa shape index (κ1) is 100. The zero-order valence-corrected chi connectivity index (χ0v) is 74.1. The minimum absolute atomic E-state index is 0.0185. The molecule has 3 amide bonds. The van der Waals surface area contributed by atoms with Gasteiger partial charge in [0.15, 0.2) is 6.61 Å². The number of nitrogens with two attached hydrogens (primary N) is 2. The molecule has 0 bridgehead atoms. The Morgan fingerprint density at radius 2 is 1.35 bits per heavy atom. The van der Waals surface area contributed by atoms with Gasteiger partial charge in [-0.15, -0.1) is 0 Å². The number of unbranched alkanes of at least 4 members (excludes halogenated alkanes) is 4. The van der Waals surface area contributed by atoms with Crippen LogP contribution < -0.4 is 38.0 Å². The van der Waals surface area contributed by atoms with Crippen LogP contribution in [0.5, 0.6) is 0 Å². The first-order valence-corrected chi connectivity index (χ1v) is 50.4. The van der Waals surface area contributed by atoms with E-state index in [1.165, 1.54) is 62.7 Å². The number of amides is 3. The Kier molecular flexibility index (Phi) is 34.2. The molecule has 0 radical (unpaired) electrons. The van der Waals surface area contributed by atoms with Crippen molar-refractivity contribution in [3.05, 3.63) is 124 Å². The third-order valence-electron chi connectivity index (χ3n) is 19.2. The summed E-state index contributed by atoms with van der Waals surface area (Å²) in [5.74, 6) is 9.14. The lowest BCUT2D eigenvalue weighted by Crippen LogP contribution is -2.48. The molecule has 0 aliphatic carbocycles. The highest BCUT2D eigenvalue weighted by Crippen LogP contribution is 2.66. The molecule has 18 N–H and O–H groups in total. The molecular weight excluding hydrogens is 1820 g/mol. The number of hydrogen-bond acceptors (Lipinski definition) is 32. The number of aliphatic hydroxyl groups excluding tert-OH is 1. The summed E-state index contributed by atoms with van der Waals surface area (Å²) >= 11 is 0. The minimum Gasteiger partial charge on any atom is -0.452 e. The van der Waals surface area contributed by atoms with Gasteiger partial charge in [0.25, 0.3) is 20.2 Å². The Hall–Kier alpha value is -7.74. The number of nitrogen functional groups attached to an aromatic ring is 2. The number of hydrogen-bond donors (Lipinski definition) is 16. The van der Waals surface area contributed by atoms with Crippen LogP contribution in [0.3, 0.4) is 0 Å². The van der Waals surface area contributed by atoms with E-state index in [1.807, 2.05) is 38.7 Å². The number of ether oxygens (including phenoxy) is 3. The summed E-state index contributed by atoms with van der Waals surface area (Å²) in [6.45, 7) is 5.75. The van der Waals surface area contributed by atoms with Crippen LogP contribution in [0.2, 0.25) is 0 Å². The fraction of sp³-hybridized carbons (Fsp3) is 0.471. The Morgan fingerprint density at radius 3 is 2.04 bits per heavy atom. The van der Waals surface area contributed by atoms with Crippen molar-refractivity contribution in [2.45, 2.75) is 168 Å². The van der Waals surface area contributed by atoms with Gasteiger partial charge in [-0.3, -0.25) is 51.4 Å². The van der Waals surface area contributed by atoms with Crippen LogP contribution in [0, 0.1) is 23.7 Å². The second-order valence-electron chi connectivity index (χ2n) is 29.0. The summed E-state index contributed by atoms with van der Waals surface area (Å²) < 4.78 is 167. The molecule has 2 aromatic carbocycles. The normalized spacial score (nSPS) is 20.4. The highest BCUT2D eigenvalue weighted by atomic mass is 33.1. The van der Waals surface area contributed by atoms with Crippen LogP contribution in [0.1, 0.15) is 139 Å². The maximum Gasteiger partial charge on any atom is 0.490 e. The van der Waals surface area contributed by atoms with Gasteiger partial charge in [-0.25, -0.2) is 37.6 Å². The molecule has 678 valence electrons. The number of aliphatic imine (C=N–C) groups is 1. The Balaban J connectivity index is 0.770. The van der Waals surface area contributed by atoms with Crippen LogP contribution in [0.15, 0.2) is 111 Å². The Morgan fingerprint density at radius 1 is 0.694 bits per heavy atom. The van der Waals surface area contributed by atoms with Crippen molar-refractivity contribution in [3.63, 3.8) is 0 Å². The third-order valence-corrected chi connectivity index (χ3v) is 28.2. The molecule has 7 heterocycles. The van der Waals surface area contributed by atoms with Gasteiger partial charge in [0.2, 0.25) is 17.7 Å². The number of carbonyl (C=O) groups excluding carboxylic acids is 4. The number of benzene rings is 2. The number of aromatic nitrogens is 5. The van der Waals surface area contributed by atoms with Crippen LogP contribution in [-0.4, -0.2) is 205 Å². The molecule has 9 unspecified atom stereocenters. The molecule has 2 fully saturated rings. The number of nitrogens with zero attached hydrogens (tertiary/aromatic N) is 7. The number of carbonyl (C=O) groups is 4. The van der Waals surface area contributed by atoms with E-state index in [1.54, 1.807) is 30.4 Å². The SMILES string of the molecule is CC1(C)C(/C=C/C=C/C=C2/N(CCCCCC(=O)NC(CSSCCCC(=O)OCC#Cc3cn(C4CC(O)C(COP(=O)(O)OP(=O)(O)OP(=O)(O)O)O4)c4ncnc(N)c34)C(=O)NCCCCCC(=O)NCC#Cc3cn(C4CC(OP(=O)(O)O)C(COP(=O)(O)O)O4)c(=O)nc3N)c3ccc(S(=O)(=O)O)cc3C2(C)C)=Nc2ccc(S(=O)(=O)O)cc21. The fourth-order valence-corrected chi connectivity index (χ4v) is 20.5. The number of rotatable bonds is 42. The van der Waals surface area contributed by atoms with E-state index >= 15 is 0 Å². The molecule has 54 heteroatoms. The van der Waals surface area contributed by atoms with Crippen LogP contribution >= 0.6 is 60.7 Å². The number of anilines is 3. The van der Waals surface area contributed by atoms with Crippen LogP contribution in [0.25, 0.3) is 11.0 Å². The van der Waals surface area contributed by atoms with Crippen molar-refractivity contribution in [1.29, 1.82) is 0 Å². The number of fused-ring (bicyclic) bond motifs is 3. The van der Waals surface area contributed by atoms with Crippen molar-refractivity contribution < 1.29 is 149 Å². The Labute approximate surface area is 717 Å². The molecular formula is C70H91N12O33P5S4. The van der Waals surface area contributed by atoms with E-state index in [-0.39, 0.29) is 94.7 Å². The molecule has 3 aromatic heterocycles. The average molecular weight is 1910 g/mol. The van der Waals surface area contributed by atoms with Gasteiger partial charge in [-0.1, -0.05) is 104 Å². The van der Waals surface area contributed by atoms with Crippen molar-refractivity contribution in [2.75, 3.05) is 67.3 Å². The molecule has 124 heavy (non-hydrogen) atoms. The van der Waals surface area contributed by atoms with E-state index in [0.717, 1.165) is 22.8 Å². The molecule has 0 saturated carbocycles. The molecule has 4 aliphatic rings. The minimum atomic E-state index is -5.83. The summed E-state index contributed by atoms with van der Waals surface area (Å²) in [4.78, 5) is 159. The third kappa shape index (κ3) is 28.9. The van der Waals surface area contributed by atoms with E-state index in [9.17, 15) is 97.4 Å². The lowest BCUT2D eigenvalue weighted by molar-refractivity contribution is -0.142. The molecule has 4 aliphatic heterocycles. The summed E-state index contributed by atoms with van der Waals surface area (Å²) in [7, 11) is -33.8. The smallest absolute Gasteiger partial charge is 0.452 e. The van der Waals surface area contributed by atoms with Gasteiger partial charge in [-0.05, 0) is 91.8 Å². The number of allylic oxidation sites excluding steroid dienone is 6. The topological polar surface area (TPSA) is 688 Å². The summed E-state index contributed by atoms with van der Waals surface area (Å²) in [5, 5.41) is 19.4. The molecule has 2 saturated heterocycles. The zero-order chi connectivity index (χ0) is 91.1. The van der Waals surface area contributed by atoms with Gasteiger partial charge in [0, 0.05) is 91.3 Å². The second-order valence-corrected chi connectivity index (χ2v) is 41.3. The fourth-order valence-electron chi connectivity index (χ4n) is 13.3.